The van der Waals surface area contributed by atoms with Gasteiger partial charge in [0.05, 0.1) is 7.11 Å². The molecule has 2 aromatic carbocycles. The van der Waals surface area contributed by atoms with Crippen LogP contribution in [0.1, 0.15) is 54.8 Å². The number of nitrogens with one attached hydrogen (secondary N) is 1. The van der Waals surface area contributed by atoms with Crippen molar-refractivity contribution in [1.29, 1.82) is 0 Å². The summed E-state index contributed by atoms with van der Waals surface area (Å²) in [6.45, 7) is 0.631. The van der Waals surface area contributed by atoms with Gasteiger partial charge in [0.25, 0.3) is 0 Å². The number of hydrogen-bond donors (Lipinski definition) is 2. The van der Waals surface area contributed by atoms with Crippen molar-refractivity contribution in [2.45, 2.75) is 44.4 Å². The van der Waals surface area contributed by atoms with Gasteiger partial charge in [0, 0.05) is 27.5 Å². The third kappa shape index (κ3) is 3.78. The minimum Gasteiger partial charge on any atom is -0.497 e. The number of halogens is 1. The summed E-state index contributed by atoms with van der Waals surface area (Å²) in [6, 6.07) is 14.7. The SMILES string of the molecule is COc1ccc(C(c2[nH]c3ccc(Cl)cc3c2CCN)C2CCCCC2)cc1. The fraction of sp³-hybridized carbons (Fsp3) is 0.417. The fourth-order valence-electron chi connectivity index (χ4n) is 4.87. The van der Waals surface area contributed by atoms with Crippen LogP contribution in [0.15, 0.2) is 42.5 Å². The van der Waals surface area contributed by atoms with Crippen LogP contribution in [-0.4, -0.2) is 18.6 Å². The van der Waals surface area contributed by atoms with Crippen molar-refractivity contribution in [3.63, 3.8) is 0 Å². The van der Waals surface area contributed by atoms with Crippen molar-refractivity contribution in [1.82, 2.24) is 4.98 Å². The number of fused-ring (bicyclic) bond motifs is 1. The molecule has 1 aliphatic carbocycles. The Morgan fingerprint density at radius 1 is 1.11 bits per heavy atom. The molecule has 0 amide bonds. The minimum absolute atomic E-state index is 0.346. The van der Waals surface area contributed by atoms with Gasteiger partial charge in [0.2, 0.25) is 0 Å². The van der Waals surface area contributed by atoms with Crippen LogP contribution in [0.3, 0.4) is 0 Å². The van der Waals surface area contributed by atoms with Gasteiger partial charge in [-0.25, -0.2) is 0 Å². The lowest BCUT2D eigenvalue weighted by atomic mass is 9.74. The van der Waals surface area contributed by atoms with E-state index >= 15 is 0 Å². The number of rotatable bonds is 6. The zero-order valence-corrected chi connectivity index (χ0v) is 17.3. The van der Waals surface area contributed by atoms with Crippen molar-refractivity contribution in [2.75, 3.05) is 13.7 Å². The van der Waals surface area contributed by atoms with E-state index in [9.17, 15) is 0 Å². The van der Waals surface area contributed by atoms with E-state index in [1.807, 2.05) is 6.07 Å². The Bertz CT molecular complexity index is 926. The summed E-state index contributed by atoms with van der Waals surface area (Å²) in [7, 11) is 1.72. The monoisotopic (exact) mass is 396 g/mol. The molecule has 1 saturated carbocycles. The highest BCUT2D eigenvalue weighted by molar-refractivity contribution is 6.31. The quantitative estimate of drug-likeness (QED) is 0.533. The van der Waals surface area contributed by atoms with Crippen molar-refractivity contribution in [3.8, 4) is 5.75 Å². The molecule has 148 valence electrons. The molecule has 1 heterocycles. The Labute approximate surface area is 172 Å². The molecule has 1 fully saturated rings. The van der Waals surface area contributed by atoms with Gasteiger partial charge in [0.1, 0.15) is 5.75 Å². The first-order chi connectivity index (χ1) is 13.7. The number of H-pyrrole nitrogens is 1. The summed E-state index contributed by atoms with van der Waals surface area (Å²) < 4.78 is 5.38. The van der Waals surface area contributed by atoms with Crippen LogP contribution in [0, 0.1) is 5.92 Å². The molecule has 4 rings (SSSR count). The second-order valence-corrected chi connectivity index (χ2v) is 8.33. The molecular formula is C24H29ClN2O. The Morgan fingerprint density at radius 3 is 2.54 bits per heavy atom. The normalized spacial score (nSPS) is 16.4. The molecule has 3 N–H and O–H groups in total. The second-order valence-electron chi connectivity index (χ2n) is 7.89. The van der Waals surface area contributed by atoms with Gasteiger partial charge in [-0.05, 0) is 73.2 Å². The van der Waals surface area contributed by atoms with Crippen molar-refractivity contribution in [2.24, 2.45) is 11.7 Å². The Kier molecular flexibility index (Phi) is 5.93. The van der Waals surface area contributed by atoms with E-state index < -0.39 is 0 Å². The molecule has 0 spiro atoms. The lowest BCUT2D eigenvalue weighted by Crippen LogP contribution is -2.19. The van der Waals surface area contributed by atoms with Crippen LogP contribution in [-0.2, 0) is 6.42 Å². The molecular weight excluding hydrogens is 368 g/mol. The molecule has 3 nitrogen and oxygen atoms in total. The molecule has 0 aliphatic heterocycles. The zero-order chi connectivity index (χ0) is 19.5. The summed E-state index contributed by atoms with van der Waals surface area (Å²) in [5.41, 5.74) is 11.2. The highest BCUT2D eigenvalue weighted by Crippen LogP contribution is 2.43. The molecule has 1 aromatic heterocycles. The van der Waals surface area contributed by atoms with Gasteiger partial charge in [-0.1, -0.05) is 43.0 Å². The molecule has 0 radical (unpaired) electrons. The van der Waals surface area contributed by atoms with Gasteiger partial charge in [-0.15, -0.1) is 0 Å². The largest absolute Gasteiger partial charge is 0.497 e. The van der Waals surface area contributed by atoms with E-state index in [4.69, 9.17) is 22.1 Å². The molecule has 1 atom stereocenters. The van der Waals surface area contributed by atoms with Crippen molar-refractivity contribution < 1.29 is 4.74 Å². The topological polar surface area (TPSA) is 51.0 Å². The van der Waals surface area contributed by atoms with E-state index in [2.05, 4.69) is 41.4 Å². The van der Waals surface area contributed by atoms with E-state index in [0.29, 0.717) is 18.4 Å². The molecule has 4 heteroatoms. The smallest absolute Gasteiger partial charge is 0.118 e. The van der Waals surface area contributed by atoms with Crippen molar-refractivity contribution in [3.05, 3.63) is 64.3 Å². The lowest BCUT2D eigenvalue weighted by Gasteiger charge is -2.31. The number of hydrogen-bond acceptors (Lipinski definition) is 2. The first-order valence-electron chi connectivity index (χ1n) is 10.3. The van der Waals surface area contributed by atoms with Crippen LogP contribution in [0.4, 0.5) is 0 Å². The standard InChI is InChI=1S/C24H29ClN2O/c1-28-19-10-7-17(8-11-19)23(16-5-3-2-4-6-16)24-20(13-14-26)21-15-18(25)9-12-22(21)27-24/h7-12,15-16,23,27H,2-6,13-14,26H2,1H3. The average molecular weight is 397 g/mol. The Hall–Kier alpha value is -1.97. The van der Waals surface area contributed by atoms with Crippen molar-refractivity contribution >= 4 is 22.5 Å². The van der Waals surface area contributed by atoms with E-state index in [0.717, 1.165) is 22.7 Å². The predicted molar refractivity (Wildman–Crippen MR) is 117 cm³/mol. The number of aromatic amines is 1. The van der Waals surface area contributed by atoms with Gasteiger partial charge in [-0.2, -0.15) is 0 Å². The number of ether oxygens (including phenoxy) is 1. The van der Waals surface area contributed by atoms with Crippen LogP contribution in [0.25, 0.3) is 10.9 Å². The van der Waals surface area contributed by atoms with Crippen LogP contribution in [0.5, 0.6) is 5.75 Å². The van der Waals surface area contributed by atoms with E-state index in [1.54, 1.807) is 7.11 Å². The molecule has 3 aromatic rings. The molecule has 1 aliphatic rings. The van der Waals surface area contributed by atoms with E-state index in [1.165, 1.54) is 54.3 Å². The highest BCUT2D eigenvalue weighted by atomic mass is 35.5. The van der Waals surface area contributed by atoms with Gasteiger partial charge in [0.15, 0.2) is 0 Å². The Balaban J connectivity index is 1.86. The maximum absolute atomic E-state index is 6.32. The molecule has 0 bridgehead atoms. The van der Waals surface area contributed by atoms with Gasteiger partial charge < -0.3 is 15.5 Å². The third-order valence-corrected chi connectivity index (χ3v) is 6.44. The third-order valence-electron chi connectivity index (χ3n) is 6.20. The van der Waals surface area contributed by atoms with Crippen LogP contribution < -0.4 is 10.5 Å². The number of methoxy groups -OCH3 is 1. The predicted octanol–water partition coefficient (Wildman–Crippen LogP) is 6.04. The summed E-state index contributed by atoms with van der Waals surface area (Å²) in [5.74, 6) is 1.89. The first kappa shape index (κ1) is 19.4. The zero-order valence-electron chi connectivity index (χ0n) is 16.5. The molecule has 28 heavy (non-hydrogen) atoms. The number of aromatic nitrogens is 1. The number of nitrogens with two attached hydrogens (primary N) is 1. The maximum atomic E-state index is 6.32. The summed E-state index contributed by atoms with van der Waals surface area (Å²) >= 11 is 6.32. The summed E-state index contributed by atoms with van der Waals surface area (Å²) in [4.78, 5) is 3.76. The van der Waals surface area contributed by atoms with Gasteiger partial charge in [-0.3, -0.25) is 0 Å². The Morgan fingerprint density at radius 2 is 1.86 bits per heavy atom. The fourth-order valence-corrected chi connectivity index (χ4v) is 5.05. The van der Waals surface area contributed by atoms with Crippen LogP contribution in [0.2, 0.25) is 5.02 Å². The van der Waals surface area contributed by atoms with Gasteiger partial charge >= 0.3 is 0 Å². The van der Waals surface area contributed by atoms with Crippen LogP contribution >= 0.6 is 11.6 Å². The van der Waals surface area contributed by atoms with E-state index in [-0.39, 0.29) is 0 Å². The highest BCUT2D eigenvalue weighted by Gasteiger charge is 2.30. The molecule has 1 unspecified atom stereocenters. The molecule has 0 saturated heterocycles. The average Bonchev–Trinajstić information content (AvgIpc) is 3.07. The minimum atomic E-state index is 0.346. The second kappa shape index (κ2) is 8.59. The lowest BCUT2D eigenvalue weighted by molar-refractivity contribution is 0.324. The summed E-state index contributed by atoms with van der Waals surface area (Å²) in [6.07, 6.45) is 7.38. The number of benzene rings is 2. The first-order valence-corrected chi connectivity index (χ1v) is 10.7. The summed E-state index contributed by atoms with van der Waals surface area (Å²) in [5, 5.41) is 1.98. The maximum Gasteiger partial charge on any atom is 0.118 e.